The van der Waals surface area contributed by atoms with Crippen molar-refractivity contribution in [3.05, 3.63) is 0 Å². The third-order valence-electron chi connectivity index (χ3n) is 1.54. The molecule has 0 fully saturated rings. The van der Waals surface area contributed by atoms with Gasteiger partial charge >= 0.3 is 0 Å². The number of ether oxygens (including phenoxy) is 1. The predicted octanol–water partition coefficient (Wildman–Crippen LogP) is 2.03. The molecule has 0 rings (SSSR count). The van der Waals surface area contributed by atoms with E-state index in [0.29, 0.717) is 6.61 Å². The van der Waals surface area contributed by atoms with E-state index in [1.807, 2.05) is 27.7 Å². The van der Waals surface area contributed by atoms with Crippen LogP contribution < -0.4 is 0 Å². The Balaban J connectivity index is 3.64. The lowest BCUT2D eigenvalue weighted by molar-refractivity contribution is -0.132. The Morgan fingerprint density at radius 2 is 1.91 bits per heavy atom. The zero-order chi connectivity index (χ0) is 8.85. The van der Waals surface area contributed by atoms with Crippen molar-refractivity contribution in [2.75, 3.05) is 6.61 Å². The molecule has 11 heavy (non-hydrogen) atoms. The molecular weight excluding hydrogens is 140 g/mol. The Hall–Kier alpha value is -0.370. The van der Waals surface area contributed by atoms with E-state index in [2.05, 4.69) is 0 Å². The van der Waals surface area contributed by atoms with E-state index >= 15 is 0 Å². The number of ketones is 1. The summed E-state index contributed by atoms with van der Waals surface area (Å²) in [5.74, 6) is 0.278. The van der Waals surface area contributed by atoms with Gasteiger partial charge in [-0.05, 0) is 13.3 Å². The highest BCUT2D eigenvalue weighted by atomic mass is 16.5. The van der Waals surface area contributed by atoms with E-state index < -0.39 is 0 Å². The fourth-order valence-corrected chi connectivity index (χ4v) is 0.846. The highest BCUT2D eigenvalue weighted by Crippen LogP contribution is 2.03. The first kappa shape index (κ1) is 10.6. The van der Waals surface area contributed by atoms with Crippen LogP contribution in [0.4, 0.5) is 0 Å². The van der Waals surface area contributed by atoms with Crippen LogP contribution >= 0.6 is 0 Å². The normalized spacial score (nSPS) is 13.5. The van der Waals surface area contributed by atoms with E-state index in [1.54, 1.807) is 0 Å². The van der Waals surface area contributed by atoms with E-state index in [1.165, 1.54) is 0 Å². The van der Waals surface area contributed by atoms with Crippen molar-refractivity contribution in [3.63, 3.8) is 0 Å². The van der Waals surface area contributed by atoms with Crippen molar-refractivity contribution in [1.29, 1.82) is 0 Å². The van der Waals surface area contributed by atoms with Gasteiger partial charge < -0.3 is 4.74 Å². The minimum atomic E-state index is -0.227. The molecular formula is C9H18O2. The molecule has 0 bridgehead atoms. The second-order valence-corrected chi connectivity index (χ2v) is 3.07. The summed E-state index contributed by atoms with van der Waals surface area (Å²) in [5, 5.41) is 0. The molecule has 0 N–H and O–H groups in total. The summed E-state index contributed by atoms with van der Waals surface area (Å²) in [6, 6.07) is 0. The van der Waals surface area contributed by atoms with Gasteiger partial charge in [0.05, 0.1) is 0 Å². The number of hydrogen-bond acceptors (Lipinski definition) is 2. The molecule has 0 spiro atoms. The van der Waals surface area contributed by atoms with Crippen LogP contribution in [0, 0.1) is 5.92 Å². The molecule has 0 aliphatic heterocycles. The SMILES string of the molecule is CCCO[C@@H](C)C(=O)C(C)C. The van der Waals surface area contributed by atoms with Crippen LogP contribution in [0.1, 0.15) is 34.1 Å². The second kappa shape index (κ2) is 5.30. The summed E-state index contributed by atoms with van der Waals surface area (Å²) < 4.78 is 5.26. The van der Waals surface area contributed by atoms with Crippen molar-refractivity contribution < 1.29 is 9.53 Å². The third kappa shape index (κ3) is 4.14. The highest BCUT2D eigenvalue weighted by molar-refractivity contribution is 5.84. The zero-order valence-corrected chi connectivity index (χ0v) is 7.89. The molecule has 1 atom stereocenters. The number of carbonyl (C=O) groups is 1. The Bertz CT molecular complexity index is 119. The van der Waals surface area contributed by atoms with Crippen LogP contribution in [-0.4, -0.2) is 18.5 Å². The molecule has 2 heteroatoms. The van der Waals surface area contributed by atoms with Gasteiger partial charge in [-0.1, -0.05) is 20.8 Å². The number of Topliss-reactive ketones (excluding diaryl/α,β-unsaturated/α-hetero) is 1. The van der Waals surface area contributed by atoms with Gasteiger partial charge in [0.25, 0.3) is 0 Å². The Morgan fingerprint density at radius 1 is 1.36 bits per heavy atom. The molecule has 0 aliphatic rings. The van der Waals surface area contributed by atoms with Gasteiger partial charge in [-0.2, -0.15) is 0 Å². The Kier molecular flexibility index (Phi) is 5.12. The summed E-state index contributed by atoms with van der Waals surface area (Å²) >= 11 is 0. The lowest BCUT2D eigenvalue weighted by Crippen LogP contribution is -2.25. The van der Waals surface area contributed by atoms with Gasteiger partial charge in [-0.15, -0.1) is 0 Å². The average molecular weight is 158 g/mol. The van der Waals surface area contributed by atoms with E-state index in [0.717, 1.165) is 6.42 Å². The summed E-state index contributed by atoms with van der Waals surface area (Å²) in [5.41, 5.74) is 0. The molecule has 0 saturated heterocycles. The second-order valence-electron chi connectivity index (χ2n) is 3.07. The minimum absolute atomic E-state index is 0.0851. The fourth-order valence-electron chi connectivity index (χ4n) is 0.846. The Morgan fingerprint density at radius 3 is 2.27 bits per heavy atom. The molecule has 0 amide bonds. The molecule has 0 radical (unpaired) electrons. The first-order valence-corrected chi connectivity index (χ1v) is 4.25. The topological polar surface area (TPSA) is 26.3 Å². The van der Waals surface area contributed by atoms with Crippen LogP contribution in [0.15, 0.2) is 0 Å². The van der Waals surface area contributed by atoms with Crippen molar-refractivity contribution in [3.8, 4) is 0 Å². The molecule has 0 heterocycles. The van der Waals surface area contributed by atoms with Crippen molar-refractivity contribution in [2.45, 2.75) is 40.2 Å². The van der Waals surface area contributed by atoms with Crippen molar-refractivity contribution >= 4 is 5.78 Å². The van der Waals surface area contributed by atoms with Gasteiger partial charge in [-0.25, -0.2) is 0 Å². The lowest BCUT2D eigenvalue weighted by atomic mass is 10.1. The largest absolute Gasteiger partial charge is 0.371 e. The van der Waals surface area contributed by atoms with Crippen molar-refractivity contribution in [2.24, 2.45) is 5.92 Å². The molecule has 2 nitrogen and oxygen atoms in total. The molecule has 66 valence electrons. The van der Waals surface area contributed by atoms with E-state index in [9.17, 15) is 4.79 Å². The predicted molar refractivity (Wildman–Crippen MR) is 45.6 cm³/mol. The molecule has 0 aromatic heterocycles. The first-order valence-electron chi connectivity index (χ1n) is 4.25. The zero-order valence-electron chi connectivity index (χ0n) is 7.89. The summed E-state index contributed by atoms with van der Waals surface area (Å²) in [6.45, 7) is 8.33. The number of hydrogen-bond donors (Lipinski definition) is 0. The summed E-state index contributed by atoms with van der Waals surface area (Å²) in [7, 11) is 0. The monoisotopic (exact) mass is 158 g/mol. The maximum atomic E-state index is 11.2. The summed E-state index contributed by atoms with van der Waals surface area (Å²) in [6.07, 6.45) is 0.741. The average Bonchev–Trinajstić information content (AvgIpc) is 1.98. The molecule has 0 aliphatic carbocycles. The minimum Gasteiger partial charge on any atom is -0.371 e. The van der Waals surface area contributed by atoms with Gasteiger partial charge in [0, 0.05) is 12.5 Å². The standard InChI is InChI=1S/C9H18O2/c1-5-6-11-8(4)9(10)7(2)3/h7-8H,5-6H2,1-4H3/t8-/m0/s1. The van der Waals surface area contributed by atoms with Crippen LogP contribution in [0.5, 0.6) is 0 Å². The Labute approximate surface area is 68.9 Å². The molecule has 0 aromatic rings. The van der Waals surface area contributed by atoms with Crippen LogP contribution in [0.3, 0.4) is 0 Å². The molecule has 0 aromatic carbocycles. The quantitative estimate of drug-likeness (QED) is 0.612. The van der Waals surface area contributed by atoms with Gasteiger partial charge in [0.2, 0.25) is 0 Å². The lowest BCUT2D eigenvalue weighted by Gasteiger charge is -2.12. The smallest absolute Gasteiger partial charge is 0.163 e. The third-order valence-corrected chi connectivity index (χ3v) is 1.54. The van der Waals surface area contributed by atoms with Gasteiger partial charge in [-0.3, -0.25) is 4.79 Å². The van der Waals surface area contributed by atoms with Crippen LogP contribution in [0.2, 0.25) is 0 Å². The van der Waals surface area contributed by atoms with Crippen LogP contribution in [-0.2, 0) is 9.53 Å². The van der Waals surface area contributed by atoms with Crippen molar-refractivity contribution in [1.82, 2.24) is 0 Å². The van der Waals surface area contributed by atoms with Gasteiger partial charge in [0.1, 0.15) is 6.10 Å². The van der Waals surface area contributed by atoms with Gasteiger partial charge in [0.15, 0.2) is 5.78 Å². The summed E-state index contributed by atoms with van der Waals surface area (Å²) in [4.78, 5) is 11.2. The van der Waals surface area contributed by atoms with Crippen LogP contribution in [0.25, 0.3) is 0 Å². The van der Waals surface area contributed by atoms with E-state index in [-0.39, 0.29) is 17.8 Å². The maximum absolute atomic E-state index is 11.2. The number of carbonyl (C=O) groups excluding carboxylic acids is 1. The first-order chi connectivity index (χ1) is 5.09. The maximum Gasteiger partial charge on any atom is 0.163 e. The van der Waals surface area contributed by atoms with E-state index in [4.69, 9.17) is 4.74 Å². The highest BCUT2D eigenvalue weighted by Gasteiger charge is 2.15. The fraction of sp³-hybridized carbons (Fsp3) is 0.889. The molecule has 0 saturated carbocycles. The number of rotatable bonds is 5. The molecule has 0 unspecified atom stereocenters.